The summed E-state index contributed by atoms with van der Waals surface area (Å²) in [6.45, 7) is 0. The fraction of sp³-hybridized carbons (Fsp3) is 0.600. The number of benzene rings is 2. The Balaban J connectivity index is 2.58. The van der Waals surface area contributed by atoms with Gasteiger partial charge in [0.05, 0.1) is 9.81 Å². The molecule has 0 bridgehead atoms. The third-order valence-electron chi connectivity index (χ3n) is 12.1. The molecule has 0 radical (unpaired) electrons. The molecule has 0 spiro atoms. The van der Waals surface area contributed by atoms with E-state index < -0.39 is 197 Å². The van der Waals surface area contributed by atoms with Crippen molar-refractivity contribution in [2.75, 3.05) is 0 Å². The number of thioether (sulfide) groups is 2. The summed E-state index contributed by atoms with van der Waals surface area (Å²) in [5.41, 5.74) is -2.86. The van der Waals surface area contributed by atoms with Crippen molar-refractivity contribution >= 4 is 33.3 Å². The lowest BCUT2D eigenvalue weighted by Crippen LogP contribution is -2.78. The number of rotatable bonds is 24. The molecule has 1 heterocycles. The Hall–Kier alpha value is -4.88. The van der Waals surface area contributed by atoms with E-state index in [4.69, 9.17) is 0 Å². The van der Waals surface area contributed by atoms with Crippen LogP contribution in [-0.4, -0.2) is 143 Å². The van der Waals surface area contributed by atoms with E-state index in [1.54, 1.807) is 0 Å². The summed E-state index contributed by atoms with van der Waals surface area (Å²) in [6, 6.07) is 3.47. The fourth-order valence-corrected chi connectivity index (χ4v) is 9.34. The Morgan fingerprint density at radius 1 is 0.163 bits per heavy atom. The average molecular weight is 1500 g/mol. The molecule has 0 N–H and O–H groups in total. The van der Waals surface area contributed by atoms with E-state index in [1.807, 2.05) is 0 Å². The summed E-state index contributed by atoms with van der Waals surface area (Å²) in [5, 5.41) is 0. The normalized spacial score (nSPS) is 17.5. The molecule has 2 aromatic rings. The van der Waals surface area contributed by atoms with Crippen LogP contribution in [0.5, 0.6) is 0 Å². The quantitative estimate of drug-likeness (QED) is 0.0961. The number of allylic oxidation sites excluding steroid dienone is 2. The molecule has 0 amide bonds. The monoisotopic (exact) mass is 1500 g/mol. The van der Waals surface area contributed by atoms with Crippen LogP contribution in [0.3, 0.4) is 0 Å². The van der Waals surface area contributed by atoms with Gasteiger partial charge in [0.15, 0.2) is 0 Å². The van der Waals surface area contributed by atoms with Gasteiger partial charge in [0.25, 0.3) is 0 Å². The van der Waals surface area contributed by atoms with Gasteiger partial charge >= 0.3 is 143 Å². The first-order chi connectivity index (χ1) is 39.7. The zero-order valence-electron chi connectivity index (χ0n) is 40.5. The maximum atomic E-state index is 16.3. The molecule has 0 fully saturated rings. The zero-order valence-corrected chi connectivity index (χ0v) is 42.1. The van der Waals surface area contributed by atoms with Crippen molar-refractivity contribution in [2.24, 2.45) is 0 Å². The SMILES string of the molecule is FC(F)(F)C(F)(F)C(F)(F)C(F)(F)C(F)(F)C(F)(F)C(F)(F)C(F)(F)C(F)(F)C(F)(F)C(F)(F)C(F)(F)C1=C(C(F)(F)C(F)(F)C(F)(F)C(F)(F)C(F)(F)C(F)(F)C(F)(F)C(F)(F)C(F)(F)C(F)(F)C(F)(F)C(F)(F)F)SC(c2ccccc2)=C(c2ccccc2)S1. The molecular weight excluding hydrogens is 1490 g/mol. The van der Waals surface area contributed by atoms with E-state index in [2.05, 4.69) is 0 Å². The smallest absolute Gasteiger partial charge is 0.193 e. The van der Waals surface area contributed by atoms with Crippen molar-refractivity contribution in [3.05, 3.63) is 81.6 Å². The van der Waals surface area contributed by atoms with Gasteiger partial charge in [0, 0.05) is 9.81 Å². The molecule has 0 saturated heterocycles. The molecule has 0 nitrogen and oxygen atoms in total. The van der Waals surface area contributed by atoms with E-state index >= 15 is 70.2 Å². The van der Waals surface area contributed by atoms with Crippen molar-refractivity contribution in [3.63, 3.8) is 0 Å². The van der Waals surface area contributed by atoms with Gasteiger partial charge in [-0.3, -0.25) is 0 Å². The minimum absolute atomic E-state index is 0.150. The Bertz CT molecular complexity index is 2880. The predicted molar refractivity (Wildman–Crippen MR) is 203 cm³/mol. The van der Waals surface area contributed by atoms with Crippen LogP contribution in [0.4, 0.5) is 220 Å². The van der Waals surface area contributed by atoms with Gasteiger partial charge in [-0.25, -0.2) is 0 Å². The van der Waals surface area contributed by atoms with Crippen LogP contribution in [0.15, 0.2) is 70.5 Å². The lowest BCUT2D eigenvalue weighted by atomic mass is 9.84. The van der Waals surface area contributed by atoms with Gasteiger partial charge in [-0.15, -0.1) is 0 Å². The lowest BCUT2D eigenvalue weighted by Gasteiger charge is -2.46. The van der Waals surface area contributed by atoms with Crippen molar-refractivity contribution < 1.29 is 220 Å². The number of hydrogen-bond acceptors (Lipinski definition) is 2. The third kappa shape index (κ3) is 10.0. The summed E-state index contributed by atoms with van der Waals surface area (Å²) < 4.78 is 719. The van der Waals surface area contributed by atoms with Crippen LogP contribution in [0.1, 0.15) is 11.1 Å². The Morgan fingerprint density at radius 3 is 0.435 bits per heavy atom. The largest absolute Gasteiger partial charge is 0.460 e. The van der Waals surface area contributed by atoms with Crippen LogP contribution in [0, 0.1) is 0 Å². The van der Waals surface area contributed by atoms with Crippen LogP contribution in [0.25, 0.3) is 9.81 Å². The number of hydrogen-bond donors (Lipinski definition) is 0. The second-order valence-electron chi connectivity index (χ2n) is 17.9. The summed E-state index contributed by atoms with van der Waals surface area (Å²) in [6.07, 6.45) is -17.1. The minimum Gasteiger partial charge on any atom is -0.193 e. The van der Waals surface area contributed by atoms with Gasteiger partial charge < -0.3 is 0 Å². The van der Waals surface area contributed by atoms with Crippen LogP contribution in [0.2, 0.25) is 0 Å². The molecule has 1 aliphatic heterocycles. The molecule has 0 aromatic heterocycles. The molecule has 52 heteroatoms. The summed E-state index contributed by atoms with van der Waals surface area (Å²) >= 11 is -5.01. The van der Waals surface area contributed by atoms with Gasteiger partial charge in [0.2, 0.25) is 0 Å². The molecule has 92 heavy (non-hydrogen) atoms. The van der Waals surface area contributed by atoms with Crippen molar-refractivity contribution in [2.45, 2.75) is 143 Å². The highest BCUT2D eigenvalue weighted by Crippen LogP contribution is 2.74. The van der Waals surface area contributed by atoms with E-state index in [1.165, 1.54) is 0 Å². The standard InChI is InChI=1S/C40H10F50S2/c41-17(42,19(45,46)21(49,50)23(53,54)25(57,58)27(61,62)29(65,66)31(69,70)33(73,74)35(77,78)37(81,82)39(85,86)87)15-16(92-14(12-9-5-2-6-10-12)13(91-15)11-7-3-1-4-8-11)18(43,44)20(47,48)22(51,52)24(55,56)26(59,60)28(63,64)30(67,68)32(71,72)34(75,76)36(79,80)38(83,84)40(88,89)90/h1-10H. The second-order valence-corrected chi connectivity index (χ2v) is 19.9. The summed E-state index contributed by atoms with van der Waals surface area (Å²) in [5.74, 6) is -219. The van der Waals surface area contributed by atoms with Gasteiger partial charge in [-0.2, -0.15) is 220 Å². The van der Waals surface area contributed by atoms with Crippen LogP contribution in [-0.2, 0) is 0 Å². The molecule has 0 unspecified atom stereocenters. The first-order valence-corrected chi connectivity index (χ1v) is 22.7. The van der Waals surface area contributed by atoms with Crippen molar-refractivity contribution in [3.8, 4) is 0 Å². The molecule has 0 atom stereocenters. The second kappa shape index (κ2) is 21.8. The van der Waals surface area contributed by atoms with Gasteiger partial charge in [-0.05, 0) is 11.1 Å². The summed E-state index contributed by atoms with van der Waals surface area (Å²) in [4.78, 5) is -14.3. The molecule has 0 aliphatic carbocycles. The maximum Gasteiger partial charge on any atom is 0.460 e. The molecule has 0 saturated carbocycles. The fourth-order valence-electron chi connectivity index (χ4n) is 6.55. The Morgan fingerprint density at radius 2 is 0.293 bits per heavy atom. The lowest BCUT2D eigenvalue weighted by molar-refractivity contribution is -0.481. The highest BCUT2D eigenvalue weighted by Gasteiger charge is 3.02. The van der Waals surface area contributed by atoms with Crippen LogP contribution >= 0.6 is 23.5 Å². The third-order valence-corrected chi connectivity index (χ3v) is 14.9. The molecular formula is C40H10F50S2. The molecule has 3 rings (SSSR count). The number of halogens is 50. The average Bonchev–Trinajstić information content (AvgIpc) is 0.689. The molecule has 1 aliphatic rings. The molecule has 2 aromatic carbocycles. The zero-order chi connectivity index (χ0) is 73.9. The highest BCUT2D eigenvalue weighted by molar-refractivity contribution is 8.20. The first-order valence-electron chi connectivity index (χ1n) is 21.1. The van der Waals surface area contributed by atoms with E-state index in [0.29, 0.717) is 36.4 Å². The van der Waals surface area contributed by atoms with Crippen molar-refractivity contribution in [1.29, 1.82) is 0 Å². The van der Waals surface area contributed by atoms with E-state index in [0.717, 1.165) is 0 Å². The maximum absolute atomic E-state index is 16.3. The predicted octanol–water partition coefficient (Wildman–Crippen LogP) is 21.3. The number of alkyl halides is 50. The first kappa shape index (κ1) is 81.4. The topological polar surface area (TPSA) is 0 Å². The Labute approximate surface area is 477 Å². The van der Waals surface area contributed by atoms with Crippen molar-refractivity contribution in [1.82, 2.24) is 0 Å². The Kier molecular flexibility index (Phi) is 19.3. The van der Waals surface area contributed by atoms with E-state index in [-0.39, 0.29) is 24.3 Å². The van der Waals surface area contributed by atoms with Crippen LogP contribution < -0.4 is 0 Å². The summed E-state index contributed by atoms with van der Waals surface area (Å²) in [7, 11) is 0. The minimum atomic E-state index is -10.4. The van der Waals surface area contributed by atoms with E-state index in [9.17, 15) is 149 Å². The highest BCUT2D eigenvalue weighted by atomic mass is 32.2. The van der Waals surface area contributed by atoms with Gasteiger partial charge in [-0.1, -0.05) is 84.2 Å². The molecule has 532 valence electrons. The van der Waals surface area contributed by atoms with Gasteiger partial charge in [0.1, 0.15) is 0 Å².